The number of anilines is 1. The van der Waals surface area contributed by atoms with Gasteiger partial charge in [0.15, 0.2) is 5.82 Å². The Morgan fingerprint density at radius 1 is 1.05 bits per heavy atom. The summed E-state index contributed by atoms with van der Waals surface area (Å²) in [6.07, 6.45) is 3.56. The lowest BCUT2D eigenvalue weighted by Crippen LogP contribution is -1.90. The van der Waals surface area contributed by atoms with Crippen LogP contribution < -0.4 is 5.73 Å². The van der Waals surface area contributed by atoms with Crippen molar-refractivity contribution in [2.75, 3.05) is 5.73 Å². The molecule has 0 amide bonds. The van der Waals surface area contributed by atoms with E-state index in [9.17, 15) is 0 Å². The van der Waals surface area contributed by atoms with Crippen molar-refractivity contribution in [1.82, 2.24) is 15.2 Å². The first-order valence-electron chi connectivity index (χ1n) is 6.27. The van der Waals surface area contributed by atoms with Crippen LogP contribution in [0.25, 0.3) is 22.4 Å². The van der Waals surface area contributed by atoms with Crippen molar-refractivity contribution >= 4 is 29.0 Å². The first kappa shape index (κ1) is 13.9. The molecular weight excluding hydrogens is 307 g/mol. The number of pyridine rings is 1. The van der Waals surface area contributed by atoms with Crippen LogP contribution in [0.3, 0.4) is 0 Å². The number of aryl methyl sites for hydroxylation is 1. The summed E-state index contributed by atoms with van der Waals surface area (Å²) >= 11 is 12.1. The van der Waals surface area contributed by atoms with E-state index >= 15 is 0 Å². The van der Waals surface area contributed by atoms with Crippen molar-refractivity contribution in [3.05, 3.63) is 52.3 Å². The maximum absolute atomic E-state index is 6.09. The van der Waals surface area contributed by atoms with Gasteiger partial charge < -0.3 is 5.73 Å². The van der Waals surface area contributed by atoms with Crippen LogP contribution >= 0.6 is 23.2 Å². The van der Waals surface area contributed by atoms with Crippen LogP contribution in [0.15, 0.2) is 36.7 Å². The van der Waals surface area contributed by atoms with Crippen molar-refractivity contribution in [3.63, 3.8) is 0 Å². The van der Waals surface area contributed by atoms with Gasteiger partial charge in [0, 0.05) is 18.0 Å². The molecular formula is C15H12Cl2N4. The van der Waals surface area contributed by atoms with Gasteiger partial charge in [-0.15, -0.1) is 0 Å². The van der Waals surface area contributed by atoms with Gasteiger partial charge in [0.2, 0.25) is 0 Å². The Morgan fingerprint density at radius 2 is 1.86 bits per heavy atom. The number of halogens is 2. The third-order valence-electron chi connectivity index (χ3n) is 3.17. The fourth-order valence-electron chi connectivity index (χ4n) is 2.20. The zero-order chi connectivity index (χ0) is 15.0. The molecule has 21 heavy (non-hydrogen) atoms. The van der Waals surface area contributed by atoms with E-state index in [0.29, 0.717) is 15.9 Å². The number of nitrogens with zero attached hydrogens (tertiary/aromatic N) is 2. The average Bonchev–Trinajstić information content (AvgIpc) is 2.84. The first-order valence-corrected chi connectivity index (χ1v) is 7.03. The summed E-state index contributed by atoms with van der Waals surface area (Å²) < 4.78 is 0. The van der Waals surface area contributed by atoms with E-state index in [4.69, 9.17) is 28.9 Å². The smallest absolute Gasteiger partial charge is 0.153 e. The van der Waals surface area contributed by atoms with Crippen LogP contribution in [0.1, 0.15) is 5.56 Å². The van der Waals surface area contributed by atoms with Gasteiger partial charge in [-0.2, -0.15) is 5.10 Å². The molecule has 6 heteroatoms. The monoisotopic (exact) mass is 318 g/mol. The van der Waals surface area contributed by atoms with Gasteiger partial charge in [0.05, 0.1) is 21.3 Å². The first-order chi connectivity index (χ1) is 10.1. The molecule has 0 spiro atoms. The van der Waals surface area contributed by atoms with Crippen molar-refractivity contribution in [2.45, 2.75) is 6.92 Å². The van der Waals surface area contributed by atoms with Crippen LogP contribution in [0.4, 0.5) is 5.82 Å². The molecule has 3 aromatic rings. The molecule has 0 fully saturated rings. The molecule has 2 heterocycles. The number of benzene rings is 1. The van der Waals surface area contributed by atoms with E-state index in [-0.39, 0.29) is 0 Å². The fraction of sp³-hybridized carbons (Fsp3) is 0.0667. The molecule has 3 rings (SSSR count). The molecule has 2 aromatic heterocycles. The largest absolute Gasteiger partial charge is 0.382 e. The second kappa shape index (κ2) is 5.39. The Hall–Kier alpha value is -2.04. The summed E-state index contributed by atoms with van der Waals surface area (Å²) in [5.41, 5.74) is 10.4. The van der Waals surface area contributed by atoms with Crippen molar-refractivity contribution < 1.29 is 0 Å². The Labute approximate surface area is 131 Å². The highest BCUT2D eigenvalue weighted by Crippen LogP contribution is 2.37. The molecule has 4 nitrogen and oxygen atoms in total. The Bertz CT molecular complexity index is 811. The normalized spacial score (nSPS) is 10.8. The SMILES string of the molecule is Cc1cncc(-c2[nH]nc(N)c2-c2ccc(Cl)c(Cl)c2)c1. The Kier molecular flexibility index (Phi) is 3.57. The summed E-state index contributed by atoms with van der Waals surface area (Å²) in [6.45, 7) is 1.98. The van der Waals surface area contributed by atoms with Crippen molar-refractivity contribution in [1.29, 1.82) is 0 Å². The second-order valence-corrected chi connectivity index (χ2v) is 5.55. The summed E-state index contributed by atoms with van der Waals surface area (Å²) in [7, 11) is 0. The van der Waals surface area contributed by atoms with Crippen molar-refractivity contribution in [2.24, 2.45) is 0 Å². The van der Waals surface area contributed by atoms with Gasteiger partial charge in [-0.3, -0.25) is 10.1 Å². The van der Waals surface area contributed by atoms with Crippen LogP contribution in [0.5, 0.6) is 0 Å². The number of rotatable bonds is 2. The summed E-state index contributed by atoms with van der Waals surface area (Å²) in [5.74, 6) is 0.407. The van der Waals surface area contributed by atoms with Gasteiger partial charge in [-0.25, -0.2) is 0 Å². The molecule has 106 valence electrons. The molecule has 1 aromatic carbocycles. The van der Waals surface area contributed by atoms with Crippen LogP contribution in [0, 0.1) is 6.92 Å². The van der Waals surface area contributed by atoms with Gasteiger partial charge in [0.1, 0.15) is 0 Å². The molecule has 3 N–H and O–H groups in total. The maximum atomic E-state index is 6.09. The highest BCUT2D eigenvalue weighted by Gasteiger charge is 2.16. The van der Waals surface area contributed by atoms with Gasteiger partial charge >= 0.3 is 0 Å². The highest BCUT2D eigenvalue weighted by atomic mass is 35.5. The molecule has 0 bridgehead atoms. The predicted octanol–water partition coefficient (Wildman–Crippen LogP) is 4.34. The lowest BCUT2D eigenvalue weighted by molar-refractivity contribution is 1.10. The molecule has 0 unspecified atom stereocenters. The number of hydrogen-bond donors (Lipinski definition) is 2. The van der Waals surface area contributed by atoms with Crippen LogP contribution in [0.2, 0.25) is 10.0 Å². The number of aromatic amines is 1. The number of H-pyrrole nitrogens is 1. The Balaban J connectivity index is 2.19. The van der Waals surface area contributed by atoms with Gasteiger partial charge in [-0.1, -0.05) is 29.3 Å². The molecule has 0 saturated heterocycles. The number of nitrogen functional groups attached to an aromatic ring is 1. The third-order valence-corrected chi connectivity index (χ3v) is 3.91. The molecule has 0 aliphatic heterocycles. The number of aromatic nitrogens is 3. The van der Waals surface area contributed by atoms with Gasteiger partial charge in [0.25, 0.3) is 0 Å². The zero-order valence-electron chi connectivity index (χ0n) is 11.2. The molecule has 0 radical (unpaired) electrons. The van der Waals surface area contributed by atoms with Crippen LogP contribution in [-0.4, -0.2) is 15.2 Å². The molecule has 0 atom stereocenters. The van der Waals surface area contributed by atoms with Gasteiger partial charge in [-0.05, 0) is 36.2 Å². The van der Waals surface area contributed by atoms with E-state index in [0.717, 1.165) is 27.9 Å². The maximum Gasteiger partial charge on any atom is 0.153 e. The van der Waals surface area contributed by atoms with E-state index in [2.05, 4.69) is 15.2 Å². The molecule has 0 saturated carbocycles. The average molecular weight is 319 g/mol. The lowest BCUT2D eigenvalue weighted by Gasteiger charge is -2.06. The zero-order valence-corrected chi connectivity index (χ0v) is 12.7. The van der Waals surface area contributed by atoms with E-state index < -0.39 is 0 Å². The minimum absolute atomic E-state index is 0.407. The summed E-state index contributed by atoms with van der Waals surface area (Å²) in [4.78, 5) is 4.20. The fourth-order valence-corrected chi connectivity index (χ4v) is 2.50. The lowest BCUT2D eigenvalue weighted by atomic mass is 10.0. The third kappa shape index (κ3) is 2.60. The minimum Gasteiger partial charge on any atom is -0.382 e. The van der Waals surface area contributed by atoms with E-state index in [1.807, 2.05) is 19.1 Å². The standard InChI is InChI=1S/C15H12Cl2N4/c1-8-4-10(7-19-6-8)14-13(15(18)21-20-14)9-2-3-11(16)12(17)5-9/h2-7H,1H3,(H3,18,20,21). The predicted molar refractivity (Wildman–Crippen MR) is 86.4 cm³/mol. The van der Waals surface area contributed by atoms with E-state index in [1.165, 1.54) is 0 Å². The molecule has 0 aliphatic carbocycles. The summed E-state index contributed by atoms with van der Waals surface area (Å²) in [5, 5.41) is 8.04. The van der Waals surface area contributed by atoms with Crippen molar-refractivity contribution in [3.8, 4) is 22.4 Å². The van der Waals surface area contributed by atoms with Crippen LogP contribution in [-0.2, 0) is 0 Å². The Morgan fingerprint density at radius 3 is 2.57 bits per heavy atom. The number of nitrogens with one attached hydrogen (secondary N) is 1. The minimum atomic E-state index is 0.407. The van der Waals surface area contributed by atoms with E-state index in [1.54, 1.807) is 24.5 Å². The quantitative estimate of drug-likeness (QED) is 0.738. The molecule has 0 aliphatic rings. The summed E-state index contributed by atoms with van der Waals surface area (Å²) in [6, 6.07) is 7.39. The number of hydrogen-bond acceptors (Lipinski definition) is 3. The second-order valence-electron chi connectivity index (χ2n) is 4.74. The number of nitrogens with two attached hydrogens (primary N) is 1. The highest BCUT2D eigenvalue weighted by molar-refractivity contribution is 6.42. The topological polar surface area (TPSA) is 67.6 Å².